The van der Waals surface area contributed by atoms with Gasteiger partial charge in [-0.15, -0.1) is 0 Å². The quantitative estimate of drug-likeness (QED) is 0.418. The van der Waals surface area contributed by atoms with Gasteiger partial charge in [-0.1, -0.05) is 42.5 Å². The highest BCUT2D eigenvalue weighted by molar-refractivity contribution is 6.07. The lowest BCUT2D eigenvalue weighted by atomic mass is 10.0. The van der Waals surface area contributed by atoms with Crippen LogP contribution in [0, 0.1) is 0 Å². The SMILES string of the molecule is CN(C)CC(=O)Oc1ccc2ccc3ccccc3c2c1. The average molecular weight is 279 g/mol. The number of carbonyl (C=O) groups is 1. The molecule has 3 nitrogen and oxygen atoms in total. The van der Waals surface area contributed by atoms with E-state index in [1.54, 1.807) is 4.90 Å². The maximum Gasteiger partial charge on any atom is 0.325 e. The van der Waals surface area contributed by atoms with Crippen LogP contribution >= 0.6 is 0 Å². The van der Waals surface area contributed by atoms with Crippen molar-refractivity contribution < 1.29 is 9.53 Å². The zero-order valence-electron chi connectivity index (χ0n) is 12.2. The van der Waals surface area contributed by atoms with Crippen molar-refractivity contribution >= 4 is 27.5 Å². The van der Waals surface area contributed by atoms with Crippen LogP contribution in [-0.4, -0.2) is 31.5 Å². The van der Waals surface area contributed by atoms with Crippen molar-refractivity contribution in [3.05, 3.63) is 54.6 Å². The molecule has 0 N–H and O–H groups in total. The van der Waals surface area contributed by atoms with Gasteiger partial charge in [0.2, 0.25) is 0 Å². The fourth-order valence-electron chi connectivity index (χ4n) is 2.47. The summed E-state index contributed by atoms with van der Waals surface area (Å²) in [4.78, 5) is 13.5. The zero-order chi connectivity index (χ0) is 14.8. The number of nitrogens with zero attached hydrogens (tertiary/aromatic N) is 1. The number of likely N-dealkylation sites (N-methyl/N-ethyl adjacent to an activating group) is 1. The average Bonchev–Trinajstić information content (AvgIpc) is 2.46. The Morgan fingerprint density at radius 1 is 0.952 bits per heavy atom. The number of ether oxygens (including phenoxy) is 1. The van der Waals surface area contributed by atoms with Crippen molar-refractivity contribution in [1.29, 1.82) is 0 Å². The predicted molar refractivity (Wildman–Crippen MR) is 85.6 cm³/mol. The molecule has 0 saturated carbocycles. The number of hydrogen-bond donors (Lipinski definition) is 0. The summed E-state index contributed by atoms with van der Waals surface area (Å²) < 4.78 is 5.40. The molecule has 0 aliphatic rings. The molecule has 3 heteroatoms. The van der Waals surface area contributed by atoms with Gasteiger partial charge in [-0.2, -0.15) is 0 Å². The molecule has 0 bridgehead atoms. The molecule has 0 spiro atoms. The van der Waals surface area contributed by atoms with Gasteiger partial charge in [-0.05, 0) is 47.8 Å². The Hall–Kier alpha value is -2.39. The minimum absolute atomic E-state index is 0.250. The standard InChI is InChI=1S/C18H17NO2/c1-19(2)12-18(20)21-15-10-9-14-8-7-13-5-3-4-6-16(13)17(14)11-15/h3-11H,12H2,1-2H3. The lowest BCUT2D eigenvalue weighted by molar-refractivity contribution is -0.135. The molecular formula is C18H17NO2. The summed E-state index contributed by atoms with van der Waals surface area (Å²) in [5, 5.41) is 4.59. The predicted octanol–water partition coefficient (Wildman–Crippen LogP) is 3.46. The van der Waals surface area contributed by atoms with Crippen molar-refractivity contribution in [1.82, 2.24) is 4.90 Å². The molecular weight excluding hydrogens is 262 g/mol. The maximum atomic E-state index is 11.8. The van der Waals surface area contributed by atoms with E-state index < -0.39 is 0 Å². The monoisotopic (exact) mass is 279 g/mol. The van der Waals surface area contributed by atoms with Gasteiger partial charge in [-0.3, -0.25) is 9.69 Å². The minimum Gasteiger partial charge on any atom is -0.426 e. The van der Waals surface area contributed by atoms with Gasteiger partial charge in [0, 0.05) is 0 Å². The van der Waals surface area contributed by atoms with Crippen molar-refractivity contribution in [3.8, 4) is 5.75 Å². The van der Waals surface area contributed by atoms with Crippen LogP contribution < -0.4 is 4.74 Å². The molecule has 106 valence electrons. The van der Waals surface area contributed by atoms with Gasteiger partial charge in [0.15, 0.2) is 0 Å². The second kappa shape index (κ2) is 5.54. The molecule has 0 aromatic heterocycles. The molecule has 0 amide bonds. The second-order valence-electron chi connectivity index (χ2n) is 5.38. The maximum absolute atomic E-state index is 11.8. The third-order valence-electron chi connectivity index (χ3n) is 3.40. The molecule has 0 aliphatic carbocycles. The van der Waals surface area contributed by atoms with Gasteiger partial charge in [-0.25, -0.2) is 0 Å². The number of hydrogen-bond acceptors (Lipinski definition) is 3. The molecule has 0 unspecified atom stereocenters. The van der Waals surface area contributed by atoms with E-state index in [0.717, 1.165) is 10.8 Å². The molecule has 0 fully saturated rings. The topological polar surface area (TPSA) is 29.5 Å². The van der Waals surface area contributed by atoms with Crippen LogP contribution in [0.1, 0.15) is 0 Å². The number of esters is 1. The van der Waals surface area contributed by atoms with Crippen molar-refractivity contribution in [2.45, 2.75) is 0 Å². The first-order chi connectivity index (χ1) is 10.1. The largest absolute Gasteiger partial charge is 0.426 e. The first kappa shape index (κ1) is 13.6. The van der Waals surface area contributed by atoms with Crippen LogP contribution in [0.2, 0.25) is 0 Å². The Morgan fingerprint density at radius 2 is 1.62 bits per heavy atom. The van der Waals surface area contributed by atoms with E-state index in [9.17, 15) is 4.79 Å². The normalized spacial score (nSPS) is 11.2. The minimum atomic E-state index is -0.250. The molecule has 3 rings (SSSR count). The van der Waals surface area contributed by atoms with E-state index in [1.807, 2.05) is 44.4 Å². The van der Waals surface area contributed by atoms with E-state index in [4.69, 9.17) is 4.74 Å². The Bertz CT molecular complexity index is 809. The fourth-order valence-corrected chi connectivity index (χ4v) is 2.47. The Morgan fingerprint density at radius 3 is 2.38 bits per heavy atom. The Balaban J connectivity index is 2.02. The number of rotatable bonds is 3. The van der Waals surface area contributed by atoms with E-state index in [-0.39, 0.29) is 12.5 Å². The van der Waals surface area contributed by atoms with E-state index in [0.29, 0.717) is 5.75 Å². The van der Waals surface area contributed by atoms with Crippen molar-refractivity contribution in [2.24, 2.45) is 0 Å². The van der Waals surface area contributed by atoms with Gasteiger partial charge in [0.05, 0.1) is 6.54 Å². The van der Waals surface area contributed by atoms with Crippen LogP contribution in [0.25, 0.3) is 21.5 Å². The summed E-state index contributed by atoms with van der Waals surface area (Å²) in [7, 11) is 3.68. The van der Waals surface area contributed by atoms with Gasteiger partial charge < -0.3 is 4.74 Å². The molecule has 0 heterocycles. The second-order valence-corrected chi connectivity index (χ2v) is 5.38. The number of carbonyl (C=O) groups excluding carboxylic acids is 1. The summed E-state index contributed by atoms with van der Waals surface area (Å²) in [5.74, 6) is 0.338. The molecule has 0 aliphatic heterocycles. The highest BCUT2D eigenvalue weighted by Crippen LogP contribution is 2.28. The van der Waals surface area contributed by atoms with E-state index in [1.165, 1.54) is 10.8 Å². The number of benzene rings is 3. The third kappa shape index (κ3) is 2.88. The highest BCUT2D eigenvalue weighted by atomic mass is 16.5. The zero-order valence-corrected chi connectivity index (χ0v) is 12.2. The van der Waals surface area contributed by atoms with Gasteiger partial charge in [0.1, 0.15) is 5.75 Å². The Kier molecular flexibility index (Phi) is 3.59. The summed E-state index contributed by atoms with van der Waals surface area (Å²) in [5.41, 5.74) is 0. The smallest absolute Gasteiger partial charge is 0.325 e. The summed E-state index contributed by atoms with van der Waals surface area (Å²) in [6.45, 7) is 0.271. The lowest BCUT2D eigenvalue weighted by Crippen LogP contribution is -2.25. The van der Waals surface area contributed by atoms with Crippen molar-refractivity contribution in [3.63, 3.8) is 0 Å². The van der Waals surface area contributed by atoms with Crippen LogP contribution in [0.15, 0.2) is 54.6 Å². The van der Waals surface area contributed by atoms with Crippen molar-refractivity contribution in [2.75, 3.05) is 20.6 Å². The van der Waals surface area contributed by atoms with Crippen LogP contribution in [0.5, 0.6) is 5.75 Å². The lowest BCUT2D eigenvalue weighted by Gasteiger charge is -2.10. The molecule has 0 atom stereocenters. The molecule has 0 saturated heterocycles. The number of fused-ring (bicyclic) bond motifs is 3. The first-order valence-corrected chi connectivity index (χ1v) is 6.90. The van der Waals surface area contributed by atoms with Crippen LogP contribution in [-0.2, 0) is 4.79 Å². The van der Waals surface area contributed by atoms with Gasteiger partial charge in [0.25, 0.3) is 0 Å². The molecule has 3 aromatic carbocycles. The van der Waals surface area contributed by atoms with Crippen LogP contribution in [0.4, 0.5) is 0 Å². The van der Waals surface area contributed by atoms with E-state index >= 15 is 0 Å². The molecule has 0 radical (unpaired) electrons. The summed E-state index contributed by atoms with van der Waals surface area (Å²) in [6, 6.07) is 18.2. The van der Waals surface area contributed by atoms with E-state index in [2.05, 4.69) is 24.3 Å². The Labute approximate surface area is 123 Å². The molecule has 3 aromatic rings. The van der Waals surface area contributed by atoms with Crippen LogP contribution in [0.3, 0.4) is 0 Å². The highest BCUT2D eigenvalue weighted by Gasteiger charge is 2.08. The van der Waals surface area contributed by atoms with Gasteiger partial charge >= 0.3 is 5.97 Å². The summed E-state index contributed by atoms with van der Waals surface area (Å²) >= 11 is 0. The summed E-state index contributed by atoms with van der Waals surface area (Å²) in [6.07, 6.45) is 0. The third-order valence-corrected chi connectivity index (χ3v) is 3.40. The fraction of sp³-hybridized carbons (Fsp3) is 0.167. The first-order valence-electron chi connectivity index (χ1n) is 6.90. The molecule has 21 heavy (non-hydrogen) atoms.